The van der Waals surface area contributed by atoms with Gasteiger partial charge < -0.3 is 15.5 Å². The standard InChI is InChI=1S/C11H23N3O/c1-14(2)8-5-11(15)13-7-4-10-3-6-12-9-10/h10,12H,3-9H2,1-2H3,(H,13,15). The van der Waals surface area contributed by atoms with Crippen molar-refractivity contribution in [3.8, 4) is 0 Å². The molecule has 0 bridgehead atoms. The smallest absolute Gasteiger partial charge is 0.221 e. The predicted octanol–water partition coefficient (Wildman–Crippen LogP) is 0.0539. The van der Waals surface area contributed by atoms with E-state index in [0.717, 1.165) is 38.5 Å². The third kappa shape index (κ3) is 5.74. The summed E-state index contributed by atoms with van der Waals surface area (Å²) in [6, 6.07) is 0. The number of amides is 1. The van der Waals surface area contributed by atoms with Crippen molar-refractivity contribution in [2.45, 2.75) is 19.3 Å². The zero-order valence-electron chi connectivity index (χ0n) is 9.88. The number of rotatable bonds is 6. The van der Waals surface area contributed by atoms with E-state index in [0.29, 0.717) is 6.42 Å². The zero-order valence-corrected chi connectivity index (χ0v) is 9.88. The van der Waals surface area contributed by atoms with Crippen LogP contribution in [0.15, 0.2) is 0 Å². The number of carbonyl (C=O) groups excluding carboxylic acids is 1. The maximum absolute atomic E-state index is 11.4. The van der Waals surface area contributed by atoms with Crippen molar-refractivity contribution < 1.29 is 4.79 Å². The second-order valence-corrected chi connectivity index (χ2v) is 4.55. The van der Waals surface area contributed by atoms with Crippen LogP contribution in [0.2, 0.25) is 0 Å². The summed E-state index contributed by atoms with van der Waals surface area (Å²) < 4.78 is 0. The van der Waals surface area contributed by atoms with E-state index in [1.165, 1.54) is 6.42 Å². The molecule has 0 aromatic carbocycles. The predicted molar refractivity (Wildman–Crippen MR) is 61.8 cm³/mol. The highest BCUT2D eigenvalue weighted by Gasteiger charge is 2.13. The van der Waals surface area contributed by atoms with Crippen LogP contribution in [0.1, 0.15) is 19.3 Å². The highest BCUT2D eigenvalue weighted by molar-refractivity contribution is 5.75. The van der Waals surface area contributed by atoms with Gasteiger partial charge in [0, 0.05) is 19.5 Å². The maximum atomic E-state index is 11.4. The number of nitrogens with one attached hydrogen (secondary N) is 2. The van der Waals surface area contributed by atoms with Gasteiger partial charge in [-0.15, -0.1) is 0 Å². The molecule has 1 atom stereocenters. The van der Waals surface area contributed by atoms with Crippen molar-refractivity contribution in [2.24, 2.45) is 5.92 Å². The average molecular weight is 213 g/mol. The topological polar surface area (TPSA) is 44.4 Å². The fourth-order valence-electron chi connectivity index (χ4n) is 1.79. The van der Waals surface area contributed by atoms with Gasteiger partial charge >= 0.3 is 0 Å². The van der Waals surface area contributed by atoms with Gasteiger partial charge in [0.15, 0.2) is 0 Å². The second kappa shape index (κ2) is 6.80. The molecule has 4 heteroatoms. The molecule has 0 aromatic rings. The largest absolute Gasteiger partial charge is 0.356 e. The lowest BCUT2D eigenvalue weighted by Crippen LogP contribution is -2.29. The van der Waals surface area contributed by atoms with Crippen LogP contribution in [0, 0.1) is 5.92 Å². The van der Waals surface area contributed by atoms with Crippen LogP contribution in [-0.4, -0.2) is 51.1 Å². The minimum Gasteiger partial charge on any atom is -0.356 e. The van der Waals surface area contributed by atoms with Gasteiger partial charge in [0.25, 0.3) is 0 Å². The summed E-state index contributed by atoms with van der Waals surface area (Å²) in [5.74, 6) is 0.939. The minimum atomic E-state index is 0.176. The number of carbonyl (C=O) groups is 1. The Morgan fingerprint density at radius 3 is 2.93 bits per heavy atom. The monoisotopic (exact) mass is 213 g/mol. The maximum Gasteiger partial charge on any atom is 0.221 e. The molecule has 1 amide bonds. The Bertz CT molecular complexity index is 188. The Hall–Kier alpha value is -0.610. The molecule has 1 saturated heterocycles. The molecule has 1 rings (SSSR count). The van der Waals surface area contributed by atoms with Crippen LogP contribution in [0.25, 0.3) is 0 Å². The first-order valence-electron chi connectivity index (χ1n) is 5.80. The van der Waals surface area contributed by atoms with Crippen molar-refractivity contribution in [3.63, 3.8) is 0 Å². The molecule has 0 aliphatic carbocycles. The Labute approximate surface area is 92.4 Å². The Balaban J connectivity index is 1.96. The Morgan fingerprint density at radius 2 is 2.33 bits per heavy atom. The zero-order chi connectivity index (χ0) is 11.1. The van der Waals surface area contributed by atoms with Gasteiger partial charge in [0.2, 0.25) is 5.91 Å². The number of nitrogens with zero attached hydrogens (tertiary/aromatic N) is 1. The van der Waals surface area contributed by atoms with E-state index in [1.807, 2.05) is 19.0 Å². The first-order valence-corrected chi connectivity index (χ1v) is 5.80. The molecule has 0 spiro atoms. The quantitative estimate of drug-likeness (QED) is 0.655. The fraction of sp³-hybridized carbons (Fsp3) is 0.909. The lowest BCUT2D eigenvalue weighted by Gasteiger charge is -2.11. The molecular formula is C11H23N3O. The molecule has 1 aliphatic heterocycles. The third-order valence-corrected chi connectivity index (χ3v) is 2.82. The van der Waals surface area contributed by atoms with Crippen LogP contribution in [0.5, 0.6) is 0 Å². The number of hydrogen-bond acceptors (Lipinski definition) is 3. The summed E-state index contributed by atoms with van der Waals surface area (Å²) in [7, 11) is 3.97. The van der Waals surface area contributed by atoms with Crippen molar-refractivity contribution in [2.75, 3.05) is 40.3 Å². The van der Waals surface area contributed by atoms with Gasteiger partial charge in [0.05, 0.1) is 0 Å². The van der Waals surface area contributed by atoms with Crippen LogP contribution in [-0.2, 0) is 4.79 Å². The van der Waals surface area contributed by atoms with Crippen molar-refractivity contribution in [1.82, 2.24) is 15.5 Å². The molecule has 2 N–H and O–H groups in total. The summed E-state index contributed by atoms with van der Waals surface area (Å²) in [6.07, 6.45) is 2.98. The highest BCUT2D eigenvalue weighted by Crippen LogP contribution is 2.10. The van der Waals surface area contributed by atoms with Crippen LogP contribution in [0.3, 0.4) is 0 Å². The average Bonchev–Trinajstić information content (AvgIpc) is 2.67. The molecule has 15 heavy (non-hydrogen) atoms. The normalized spacial score (nSPS) is 20.9. The lowest BCUT2D eigenvalue weighted by molar-refractivity contribution is -0.121. The summed E-state index contributed by atoms with van der Waals surface area (Å²) in [5, 5.41) is 6.30. The van der Waals surface area contributed by atoms with Crippen molar-refractivity contribution in [3.05, 3.63) is 0 Å². The molecule has 1 fully saturated rings. The molecule has 1 aliphatic rings. The third-order valence-electron chi connectivity index (χ3n) is 2.82. The molecule has 1 unspecified atom stereocenters. The first kappa shape index (κ1) is 12.5. The summed E-state index contributed by atoms with van der Waals surface area (Å²) in [6.45, 7) is 3.92. The summed E-state index contributed by atoms with van der Waals surface area (Å²) in [5.41, 5.74) is 0. The van der Waals surface area contributed by atoms with Gasteiger partial charge in [-0.3, -0.25) is 4.79 Å². The van der Waals surface area contributed by atoms with Crippen molar-refractivity contribution in [1.29, 1.82) is 0 Å². The molecule has 0 aromatic heterocycles. The van der Waals surface area contributed by atoms with Gasteiger partial charge in [-0.25, -0.2) is 0 Å². The second-order valence-electron chi connectivity index (χ2n) is 4.55. The molecule has 4 nitrogen and oxygen atoms in total. The molecule has 0 saturated carbocycles. The van der Waals surface area contributed by atoms with E-state index in [2.05, 4.69) is 10.6 Å². The molecule has 1 heterocycles. The van der Waals surface area contributed by atoms with E-state index in [4.69, 9.17) is 0 Å². The molecular weight excluding hydrogens is 190 g/mol. The molecule has 88 valence electrons. The van der Waals surface area contributed by atoms with Gasteiger partial charge in [-0.05, 0) is 45.9 Å². The summed E-state index contributed by atoms with van der Waals surface area (Å²) >= 11 is 0. The van der Waals surface area contributed by atoms with Gasteiger partial charge in [0.1, 0.15) is 0 Å². The fourth-order valence-corrected chi connectivity index (χ4v) is 1.79. The SMILES string of the molecule is CN(C)CCC(=O)NCCC1CCNC1. The highest BCUT2D eigenvalue weighted by atomic mass is 16.1. The van der Waals surface area contributed by atoms with E-state index >= 15 is 0 Å². The summed E-state index contributed by atoms with van der Waals surface area (Å²) in [4.78, 5) is 13.4. The van der Waals surface area contributed by atoms with Gasteiger partial charge in [-0.2, -0.15) is 0 Å². The van der Waals surface area contributed by atoms with Crippen LogP contribution >= 0.6 is 0 Å². The van der Waals surface area contributed by atoms with Gasteiger partial charge in [-0.1, -0.05) is 0 Å². The van der Waals surface area contributed by atoms with Crippen LogP contribution < -0.4 is 10.6 Å². The first-order chi connectivity index (χ1) is 7.18. The van der Waals surface area contributed by atoms with Crippen molar-refractivity contribution >= 4 is 5.91 Å². The van der Waals surface area contributed by atoms with E-state index in [-0.39, 0.29) is 5.91 Å². The van der Waals surface area contributed by atoms with E-state index < -0.39 is 0 Å². The lowest BCUT2D eigenvalue weighted by atomic mass is 10.1. The number of hydrogen-bond donors (Lipinski definition) is 2. The van der Waals surface area contributed by atoms with E-state index in [9.17, 15) is 4.79 Å². The minimum absolute atomic E-state index is 0.176. The van der Waals surface area contributed by atoms with E-state index in [1.54, 1.807) is 0 Å². The molecule has 0 radical (unpaired) electrons. The van der Waals surface area contributed by atoms with Crippen LogP contribution in [0.4, 0.5) is 0 Å². The Morgan fingerprint density at radius 1 is 1.53 bits per heavy atom. The Kier molecular flexibility index (Phi) is 5.65.